The van der Waals surface area contributed by atoms with Crippen molar-refractivity contribution in [2.45, 2.75) is 24.3 Å². The van der Waals surface area contributed by atoms with Crippen molar-refractivity contribution in [2.75, 3.05) is 19.7 Å². The van der Waals surface area contributed by atoms with Crippen molar-refractivity contribution in [1.29, 1.82) is 0 Å². The van der Waals surface area contributed by atoms with Gasteiger partial charge in [0, 0.05) is 25.5 Å². The van der Waals surface area contributed by atoms with E-state index in [0.717, 1.165) is 5.56 Å². The van der Waals surface area contributed by atoms with Gasteiger partial charge in [0.25, 0.3) is 0 Å². The molecule has 1 aromatic heterocycles. The fourth-order valence-electron chi connectivity index (χ4n) is 2.06. The lowest BCUT2D eigenvalue weighted by Crippen LogP contribution is -2.31. The maximum absolute atomic E-state index is 12.4. The monoisotopic (exact) mass is 300 g/mol. The van der Waals surface area contributed by atoms with Crippen LogP contribution in [0, 0.1) is 6.92 Å². The van der Waals surface area contributed by atoms with Crippen LogP contribution in [0.3, 0.4) is 0 Å². The first-order chi connectivity index (χ1) is 9.39. The van der Waals surface area contributed by atoms with Crippen molar-refractivity contribution in [2.24, 2.45) is 0 Å². The normalized spacial score (nSPS) is 20.1. The standard InChI is InChI=1S/C12H16N2O5S/c1-9-4-11(6-13-5-9)20(17,18)14-3-2-10(7-14)19-8-12(15)16/h4-6,10H,2-3,7-8H2,1H3,(H,15,16)/t10-/m1/s1. The maximum atomic E-state index is 12.4. The molecule has 0 spiro atoms. The molecule has 7 nitrogen and oxygen atoms in total. The van der Waals surface area contributed by atoms with Gasteiger partial charge in [-0.1, -0.05) is 0 Å². The summed E-state index contributed by atoms with van der Waals surface area (Å²) in [6.07, 6.45) is 3.01. The third-order valence-corrected chi connectivity index (χ3v) is 4.87. The highest BCUT2D eigenvalue weighted by atomic mass is 32.2. The molecule has 1 atom stereocenters. The molecule has 1 aromatic rings. The molecule has 20 heavy (non-hydrogen) atoms. The van der Waals surface area contributed by atoms with E-state index in [1.165, 1.54) is 10.5 Å². The van der Waals surface area contributed by atoms with E-state index < -0.39 is 22.6 Å². The number of ether oxygens (including phenoxy) is 1. The number of aryl methyl sites for hydroxylation is 1. The van der Waals surface area contributed by atoms with Crippen LogP contribution in [-0.2, 0) is 19.6 Å². The summed E-state index contributed by atoms with van der Waals surface area (Å²) in [5.41, 5.74) is 0.768. The Bertz CT molecular complexity index is 602. The maximum Gasteiger partial charge on any atom is 0.329 e. The number of hydrogen-bond acceptors (Lipinski definition) is 5. The van der Waals surface area contributed by atoms with Crippen molar-refractivity contribution < 1.29 is 23.1 Å². The van der Waals surface area contributed by atoms with Gasteiger partial charge in [0.2, 0.25) is 10.0 Å². The Morgan fingerprint density at radius 2 is 2.30 bits per heavy atom. The molecule has 2 rings (SSSR count). The lowest BCUT2D eigenvalue weighted by molar-refractivity contribution is -0.144. The molecule has 2 heterocycles. The minimum absolute atomic E-state index is 0.149. The molecule has 0 bridgehead atoms. The Labute approximate surface area is 117 Å². The number of nitrogens with zero attached hydrogens (tertiary/aromatic N) is 2. The predicted octanol–water partition coefficient (Wildman–Crippen LogP) is 0.254. The number of pyridine rings is 1. The Kier molecular flexibility index (Phi) is 4.36. The lowest BCUT2D eigenvalue weighted by atomic mass is 10.3. The van der Waals surface area contributed by atoms with E-state index >= 15 is 0 Å². The molecule has 110 valence electrons. The number of rotatable bonds is 5. The van der Waals surface area contributed by atoms with Gasteiger partial charge in [-0.05, 0) is 25.0 Å². The van der Waals surface area contributed by atoms with E-state index in [-0.39, 0.29) is 17.5 Å². The van der Waals surface area contributed by atoms with E-state index in [1.807, 2.05) is 0 Å². The first kappa shape index (κ1) is 14.9. The average Bonchev–Trinajstić information content (AvgIpc) is 2.86. The summed E-state index contributed by atoms with van der Waals surface area (Å²) >= 11 is 0. The number of aromatic nitrogens is 1. The average molecular weight is 300 g/mol. The predicted molar refractivity (Wildman–Crippen MR) is 69.7 cm³/mol. The van der Waals surface area contributed by atoms with Gasteiger partial charge in [0.05, 0.1) is 6.10 Å². The minimum atomic E-state index is -3.59. The van der Waals surface area contributed by atoms with Crippen molar-refractivity contribution in [1.82, 2.24) is 9.29 Å². The molecule has 8 heteroatoms. The zero-order chi connectivity index (χ0) is 14.8. The highest BCUT2D eigenvalue weighted by Gasteiger charge is 2.33. The fraction of sp³-hybridized carbons (Fsp3) is 0.500. The molecule has 0 aliphatic carbocycles. The first-order valence-electron chi connectivity index (χ1n) is 6.15. The third-order valence-electron chi connectivity index (χ3n) is 3.04. The smallest absolute Gasteiger partial charge is 0.329 e. The zero-order valence-corrected chi connectivity index (χ0v) is 11.8. The topological polar surface area (TPSA) is 96.8 Å². The molecule has 1 aliphatic rings. The molecule has 0 amide bonds. The fourth-order valence-corrected chi connectivity index (χ4v) is 3.59. The van der Waals surface area contributed by atoms with Crippen molar-refractivity contribution in [3.05, 3.63) is 24.0 Å². The number of hydrogen-bond donors (Lipinski definition) is 1. The van der Waals surface area contributed by atoms with Gasteiger partial charge < -0.3 is 9.84 Å². The highest BCUT2D eigenvalue weighted by Crippen LogP contribution is 2.22. The van der Waals surface area contributed by atoms with E-state index in [0.29, 0.717) is 13.0 Å². The minimum Gasteiger partial charge on any atom is -0.480 e. The van der Waals surface area contributed by atoms with E-state index in [4.69, 9.17) is 9.84 Å². The summed E-state index contributed by atoms with van der Waals surface area (Å²) in [5, 5.41) is 8.54. The second-order valence-electron chi connectivity index (χ2n) is 4.68. The molecular weight excluding hydrogens is 284 g/mol. The van der Waals surface area contributed by atoms with Gasteiger partial charge in [-0.3, -0.25) is 4.98 Å². The number of carboxylic acids is 1. The zero-order valence-electron chi connectivity index (χ0n) is 11.0. The Hall–Kier alpha value is -1.51. The van der Waals surface area contributed by atoms with E-state index in [1.54, 1.807) is 19.2 Å². The van der Waals surface area contributed by atoms with Crippen molar-refractivity contribution in [3.8, 4) is 0 Å². The van der Waals surface area contributed by atoms with Gasteiger partial charge in [-0.2, -0.15) is 4.31 Å². The van der Waals surface area contributed by atoms with Crippen LogP contribution in [-0.4, -0.2) is 54.6 Å². The molecule has 0 unspecified atom stereocenters. The first-order valence-corrected chi connectivity index (χ1v) is 7.59. The van der Waals surface area contributed by atoms with E-state index in [9.17, 15) is 13.2 Å². The van der Waals surface area contributed by atoms with Crippen molar-refractivity contribution in [3.63, 3.8) is 0 Å². The second-order valence-corrected chi connectivity index (χ2v) is 6.61. The van der Waals surface area contributed by atoms with Crippen LogP contribution in [0.5, 0.6) is 0 Å². The molecule has 0 saturated carbocycles. The number of carboxylic acid groups (broad SMARTS) is 1. The van der Waals surface area contributed by atoms with Gasteiger partial charge in [-0.15, -0.1) is 0 Å². The summed E-state index contributed by atoms with van der Waals surface area (Å²) in [7, 11) is -3.59. The number of carbonyl (C=O) groups is 1. The number of aliphatic carboxylic acids is 1. The Morgan fingerprint density at radius 1 is 1.55 bits per heavy atom. The quantitative estimate of drug-likeness (QED) is 0.837. The van der Waals surface area contributed by atoms with Gasteiger partial charge in [0.1, 0.15) is 11.5 Å². The van der Waals surface area contributed by atoms with Crippen molar-refractivity contribution >= 4 is 16.0 Å². The summed E-state index contributed by atoms with van der Waals surface area (Å²) in [5.74, 6) is -1.06. The molecule has 1 fully saturated rings. The van der Waals surface area contributed by atoms with Crippen LogP contribution in [0.2, 0.25) is 0 Å². The van der Waals surface area contributed by atoms with Crippen LogP contribution < -0.4 is 0 Å². The van der Waals surface area contributed by atoms with Gasteiger partial charge in [-0.25, -0.2) is 13.2 Å². The SMILES string of the molecule is Cc1cncc(S(=O)(=O)N2CC[C@@H](OCC(=O)O)C2)c1. The Balaban J connectivity index is 2.07. The van der Waals surface area contributed by atoms with Crippen LogP contribution >= 0.6 is 0 Å². The molecule has 1 aliphatic heterocycles. The van der Waals surface area contributed by atoms with Crippen LogP contribution in [0.1, 0.15) is 12.0 Å². The van der Waals surface area contributed by atoms with E-state index in [2.05, 4.69) is 4.98 Å². The summed E-state index contributed by atoms with van der Waals surface area (Å²) in [6, 6.07) is 1.56. The van der Waals surface area contributed by atoms with Crippen LogP contribution in [0.15, 0.2) is 23.4 Å². The molecular formula is C12H16N2O5S. The van der Waals surface area contributed by atoms with Gasteiger partial charge in [0.15, 0.2) is 0 Å². The largest absolute Gasteiger partial charge is 0.480 e. The summed E-state index contributed by atoms with van der Waals surface area (Å²) in [6.45, 7) is 1.85. The van der Waals surface area contributed by atoms with Gasteiger partial charge >= 0.3 is 5.97 Å². The summed E-state index contributed by atoms with van der Waals surface area (Å²) < 4.78 is 31.2. The third kappa shape index (κ3) is 3.33. The highest BCUT2D eigenvalue weighted by molar-refractivity contribution is 7.89. The molecule has 1 N–H and O–H groups in total. The lowest BCUT2D eigenvalue weighted by Gasteiger charge is -2.16. The Morgan fingerprint density at radius 3 is 2.95 bits per heavy atom. The second kappa shape index (κ2) is 5.86. The molecule has 0 aromatic carbocycles. The molecule has 0 radical (unpaired) electrons. The molecule has 1 saturated heterocycles. The van der Waals surface area contributed by atoms with Crippen LogP contribution in [0.25, 0.3) is 0 Å². The summed E-state index contributed by atoms with van der Waals surface area (Å²) in [4.78, 5) is 14.5. The van der Waals surface area contributed by atoms with Crippen LogP contribution in [0.4, 0.5) is 0 Å². The number of sulfonamides is 1.